The fourth-order valence-corrected chi connectivity index (χ4v) is 2.47. The molecular weight excluding hydrogens is 274 g/mol. The first kappa shape index (κ1) is 15.4. The van der Waals surface area contributed by atoms with Gasteiger partial charge in [-0.05, 0) is 33.1 Å². The van der Waals surface area contributed by atoms with Crippen molar-refractivity contribution >= 4 is 17.5 Å². The molecular formula is C13H21N5O3. The minimum absolute atomic E-state index is 0.0623. The Balaban J connectivity index is 2.47. The highest BCUT2D eigenvalue weighted by molar-refractivity contribution is 5.63. The SMILES string of the molecule is CCNc1nc(C)c([N+](=O)[O-])c(N(CCO)C2CCC2)n1. The molecule has 0 atom stereocenters. The van der Waals surface area contributed by atoms with E-state index in [1.807, 2.05) is 11.8 Å². The van der Waals surface area contributed by atoms with E-state index in [4.69, 9.17) is 0 Å². The van der Waals surface area contributed by atoms with Crippen molar-refractivity contribution < 1.29 is 10.0 Å². The Kier molecular flexibility index (Phi) is 4.89. The molecule has 1 fully saturated rings. The first-order chi connectivity index (χ1) is 10.1. The molecule has 1 aliphatic rings. The van der Waals surface area contributed by atoms with Crippen molar-refractivity contribution in [1.29, 1.82) is 0 Å². The summed E-state index contributed by atoms with van der Waals surface area (Å²) in [5.74, 6) is 0.695. The molecule has 2 rings (SSSR count). The summed E-state index contributed by atoms with van der Waals surface area (Å²) in [5, 5.41) is 23.6. The van der Waals surface area contributed by atoms with Gasteiger partial charge in [0.05, 0.1) is 11.5 Å². The third-order valence-electron chi connectivity index (χ3n) is 3.69. The molecule has 1 aromatic rings. The van der Waals surface area contributed by atoms with Crippen LogP contribution in [0.2, 0.25) is 0 Å². The van der Waals surface area contributed by atoms with E-state index >= 15 is 0 Å². The van der Waals surface area contributed by atoms with Crippen molar-refractivity contribution in [3.8, 4) is 0 Å². The molecule has 8 nitrogen and oxygen atoms in total. The third-order valence-corrected chi connectivity index (χ3v) is 3.69. The minimum Gasteiger partial charge on any atom is -0.395 e. The highest BCUT2D eigenvalue weighted by Gasteiger charge is 2.33. The molecule has 0 saturated heterocycles. The maximum atomic E-state index is 11.4. The van der Waals surface area contributed by atoms with Crippen LogP contribution in [-0.2, 0) is 0 Å². The van der Waals surface area contributed by atoms with Gasteiger partial charge in [-0.15, -0.1) is 0 Å². The maximum absolute atomic E-state index is 11.4. The Morgan fingerprint density at radius 3 is 2.67 bits per heavy atom. The average molecular weight is 295 g/mol. The molecule has 1 saturated carbocycles. The Morgan fingerprint density at radius 2 is 2.19 bits per heavy atom. The van der Waals surface area contributed by atoms with Gasteiger partial charge < -0.3 is 15.3 Å². The van der Waals surface area contributed by atoms with Crippen LogP contribution in [0, 0.1) is 17.0 Å². The molecule has 116 valence electrons. The monoisotopic (exact) mass is 295 g/mol. The quantitative estimate of drug-likeness (QED) is 0.579. The number of nitrogens with one attached hydrogen (secondary N) is 1. The molecule has 21 heavy (non-hydrogen) atoms. The van der Waals surface area contributed by atoms with E-state index in [-0.39, 0.29) is 18.3 Å². The Labute approximate surface area is 123 Å². The Morgan fingerprint density at radius 1 is 1.48 bits per heavy atom. The number of nitrogens with zero attached hydrogens (tertiary/aromatic N) is 4. The molecule has 1 heterocycles. The standard InChI is InChI=1S/C13H21N5O3/c1-3-14-13-15-9(2)11(18(20)21)12(16-13)17(7-8-19)10-5-4-6-10/h10,19H,3-8H2,1-2H3,(H,14,15,16). The van der Waals surface area contributed by atoms with Crippen molar-refractivity contribution in [3.05, 3.63) is 15.8 Å². The van der Waals surface area contributed by atoms with Gasteiger partial charge in [0.15, 0.2) is 0 Å². The predicted molar refractivity (Wildman–Crippen MR) is 79.7 cm³/mol. The zero-order chi connectivity index (χ0) is 15.4. The summed E-state index contributed by atoms with van der Waals surface area (Å²) in [6.45, 7) is 4.44. The van der Waals surface area contributed by atoms with Gasteiger partial charge in [0.25, 0.3) is 0 Å². The smallest absolute Gasteiger partial charge is 0.332 e. The summed E-state index contributed by atoms with van der Waals surface area (Å²) in [7, 11) is 0. The van der Waals surface area contributed by atoms with E-state index in [0.717, 1.165) is 19.3 Å². The second kappa shape index (κ2) is 6.66. The molecule has 1 aliphatic carbocycles. The fraction of sp³-hybridized carbons (Fsp3) is 0.692. The summed E-state index contributed by atoms with van der Waals surface area (Å²) >= 11 is 0. The lowest BCUT2D eigenvalue weighted by Gasteiger charge is -2.37. The molecule has 8 heteroatoms. The molecule has 1 aromatic heterocycles. The van der Waals surface area contributed by atoms with Crippen molar-refractivity contribution in [2.24, 2.45) is 0 Å². The van der Waals surface area contributed by atoms with Crippen LogP contribution in [0.4, 0.5) is 17.5 Å². The third kappa shape index (κ3) is 3.21. The number of rotatable bonds is 7. The van der Waals surface area contributed by atoms with Crippen LogP contribution >= 0.6 is 0 Å². The molecule has 0 bridgehead atoms. The van der Waals surface area contributed by atoms with Crippen molar-refractivity contribution in [1.82, 2.24) is 9.97 Å². The number of aliphatic hydroxyl groups is 1. The number of hydrogen-bond donors (Lipinski definition) is 2. The van der Waals surface area contributed by atoms with Gasteiger partial charge in [-0.2, -0.15) is 4.98 Å². The Bertz CT molecular complexity index is 519. The van der Waals surface area contributed by atoms with E-state index in [1.165, 1.54) is 0 Å². The normalized spacial score (nSPS) is 14.6. The van der Waals surface area contributed by atoms with Gasteiger partial charge in [-0.25, -0.2) is 4.98 Å². The first-order valence-corrected chi connectivity index (χ1v) is 7.22. The number of anilines is 2. The lowest BCUT2D eigenvalue weighted by Crippen LogP contribution is -2.43. The lowest BCUT2D eigenvalue weighted by molar-refractivity contribution is -0.385. The van der Waals surface area contributed by atoms with Gasteiger partial charge >= 0.3 is 5.69 Å². The average Bonchev–Trinajstić information content (AvgIpc) is 2.35. The van der Waals surface area contributed by atoms with E-state index < -0.39 is 4.92 Å². The van der Waals surface area contributed by atoms with E-state index in [0.29, 0.717) is 30.5 Å². The number of hydrogen-bond acceptors (Lipinski definition) is 7. The van der Waals surface area contributed by atoms with Crippen LogP contribution in [0.25, 0.3) is 0 Å². The summed E-state index contributed by atoms with van der Waals surface area (Å²) in [4.78, 5) is 21.2. The minimum atomic E-state index is -0.441. The van der Waals surface area contributed by atoms with E-state index in [2.05, 4.69) is 15.3 Å². The van der Waals surface area contributed by atoms with Gasteiger partial charge in [0.2, 0.25) is 11.8 Å². The largest absolute Gasteiger partial charge is 0.395 e. The number of nitro groups is 1. The Hall–Kier alpha value is -1.96. The predicted octanol–water partition coefficient (Wildman–Crippen LogP) is 1.48. The van der Waals surface area contributed by atoms with E-state index in [9.17, 15) is 15.2 Å². The fourth-order valence-electron chi connectivity index (χ4n) is 2.47. The van der Waals surface area contributed by atoms with Crippen LogP contribution in [0.15, 0.2) is 0 Å². The summed E-state index contributed by atoms with van der Waals surface area (Å²) in [6, 6.07) is 0.208. The second-order valence-electron chi connectivity index (χ2n) is 5.09. The first-order valence-electron chi connectivity index (χ1n) is 7.22. The van der Waals surface area contributed by atoms with Crippen molar-refractivity contribution in [2.75, 3.05) is 29.9 Å². The van der Waals surface area contributed by atoms with Crippen LogP contribution in [0.1, 0.15) is 31.9 Å². The van der Waals surface area contributed by atoms with Crippen LogP contribution in [0.3, 0.4) is 0 Å². The molecule has 0 unspecified atom stereocenters. The van der Waals surface area contributed by atoms with Gasteiger partial charge in [0, 0.05) is 19.1 Å². The summed E-state index contributed by atoms with van der Waals surface area (Å²) in [6.07, 6.45) is 3.04. The van der Waals surface area contributed by atoms with Gasteiger partial charge in [-0.1, -0.05) is 0 Å². The summed E-state index contributed by atoms with van der Waals surface area (Å²) in [5.41, 5.74) is 0.264. The molecule has 0 spiro atoms. The lowest BCUT2D eigenvalue weighted by atomic mass is 9.91. The topological polar surface area (TPSA) is 104 Å². The second-order valence-corrected chi connectivity index (χ2v) is 5.09. The summed E-state index contributed by atoms with van der Waals surface area (Å²) < 4.78 is 0. The molecule has 0 aliphatic heterocycles. The van der Waals surface area contributed by atoms with E-state index in [1.54, 1.807) is 6.92 Å². The molecule has 0 amide bonds. The number of aliphatic hydroxyl groups excluding tert-OH is 1. The van der Waals surface area contributed by atoms with Crippen LogP contribution < -0.4 is 10.2 Å². The molecule has 2 N–H and O–H groups in total. The highest BCUT2D eigenvalue weighted by atomic mass is 16.6. The zero-order valence-electron chi connectivity index (χ0n) is 12.4. The van der Waals surface area contributed by atoms with Crippen molar-refractivity contribution in [3.63, 3.8) is 0 Å². The highest BCUT2D eigenvalue weighted by Crippen LogP contribution is 2.35. The van der Waals surface area contributed by atoms with Crippen molar-refractivity contribution in [2.45, 2.75) is 39.2 Å². The maximum Gasteiger partial charge on any atom is 0.332 e. The van der Waals surface area contributed by atoms with Crippen LogP contribution in [0.5, 0.6) is 0 Å². The zero-order valence-corrected chi connectivity index (χ0v) is 12.4. The number of aryl methyl sites for hydroxylation is 1. The molecule has 0 radical (unpaired) electrons. The van der Waals surface area contributed by atoms with Crippen LogP contribution in [-0.4, -0.2) is 45.7 Å². The molecule has 0 aromatic carbocycles. The van der Waals surface area contributed by atoms with Gasteiger partial charge in [-0.3, -0.25) is 10.1 Å². The number of aromatic nitrogens is 2. The van der Waals surface area contributed by atoms with Gasteiger partial charge in [0.1, 0.15) is 5.69 Å².